The van der Waals surface area contributed by atoms with Crippen LogP contribution in [0, 0.1) is 5.92 Å². The van der Waals surface area contributed by atoms with Gasteiger partial charge < -0.3 is 19.1 Å². The molecule has 1 saturated carbocycles. The molecule has 2 aliphatic rings. The van der Waals surface area contributed by atoms with E-state index in [-0.39, 0.29) is 12.1 Å². The quantitative estimate of drug-likeness (QED) is 0.297. The molecule has 40 heavy (non-hydrogen) atoms. The lowest BCUT2D eigenvalue weighted by atomic mass is 10.1. The minimum absolute atomic E-state index is 0.0482. The lowest BCUT2D eigenvalue weighted by molar-refractivity contribution is 0.0188. The molecular formula is C31H41N5O4. The van der Waals surface area contributed by atoms with Gasteiger partial charge in [0.2, 0.25) is 0 Å². The number of rotatable bonds is 6. The fourth-order valence-electron chi connectivity index (χ4n) is 5.48. The molecule has 2 aromatic heterocycles. The Morgan fingerprint density at radius 2 is 1.68 bits per heavy atom. The number of aryl methyl sites for hydroxylation is 1. The van der Waals surface area contributed by atoms with Gasteiger partial charge in [0.25, 0.3) is 0 Å². The molecule has 1 aliphatic heterocycles. The first-order chi connectivity index (χ1) is 19.3. The monoisotopic (exact) mass is 547 g/mol. The molecule has 2 fully saturated rings. The average Bonchev–Trinajstić information content (AvgIpc) is 3.73. The topological polar surface area (TPSA) is 94.5 Å². The number of fused-ring (bicyclic) bond motifs is 2. The molecule has 2 aromatic carbocycles. The molecule has 0 bridgehead atoms. The van der Waals surface area contributed by atoms with Gasteiger partial charge in [0.1, 0.15) is 23.7 Å². The van der Waals surface area contributed by atoms with E-state index in [0.717, 1.165) is 65.2 Å². The Labute approximate surface area is 235 Å². The molecule has 1 aliphatic carbocycles. The van der Waals surface area contributed by atoms with Crippen LogP contribution >= 0.6 is 0 Å². The van der Waals surface area contributed by atoms with E-state index >= 15 is 0 Å². The van der Waals surface area contributed by atoms with Crippen molar-refractivity contribution < 1.29 is 19.0 Å². The summed E-state index contributed by atoms with van der Waals surface area (Å²) in [6.07, 6.45) is 10.7. The van der Waals surface area contributed by atoms with Gasteiger partial charge in [-0.2, -0.15) is 10.2 Å². The molecule has 1 saturated heterocycles. The molecule has 1 atom stereocenters. The van der Waals surface area contributed by atoms with E-state index in [1.54, 1.807) is 11.1 Å². The standard InChI is InChI=1S/C17H23N3O3.C14H18N2O/c1-17(2,3)23-16(21)20-9-5-6-12(20)11-22-15-8-4-7-14-13(15)10-18-19-14;1-16-13-7-4-8-14(12(13)9-15-16)17-10-11-5-2-3-6-11/h4,7-8,10,12H,5-6,9,11H2,1-3H3,(H,18,19);4,7-9,11H,2-3,5-6,10H2,1H3/t12-;/m0./s1. The van der Waals surface area contributed by atoms with Crippen molar-refractivity contribution in [3.63, 3.8) is 0 Å². The van der Waals surface area contributed by atoms with Gasteiger partial charge in [0.05, 0.1) is 46.8 Å². The number of hydrogen-bond acceptors (Lipinski definition) is 6. The molecule has 3 heterocycles. The summed E-state index contributed by atoms with van der Waals surface area (Å²) in [5.74, 6) is 2.51. The largest absolute Gasteiger partial charge is 0.493 e. The summed E-state index contributed by atoms with van der Waals surface area (Å²) in [5, 5.41) is 13.3. The molecule has 0 unspecified atom stereocenters. The lowest BCUT2D eigenvalue weighted by Crippen LogP contribution is -2.42. The van der Waals surface area contributed by atoms with Crippen LogP contribution in [0.15, 0.2) is 48.8 Å². The zero-order valence-electron chi connectivity index (χ0n) is 24.1. The minimum Gasteiger partial charge on any atom is -0.493 e. The molecule has 1 N–H and O–H groups in total. The lowest BCUT2D eigenvalue weighted by Gasteiger charge is -2.28. The van der Waals surface area contributed by atoms with Crippen LogP contribution in [-0.2, 0) is 11.8 Å². The van der Waals surface area contributed by atoms with E-state index in [4.69, 9.17) is 14.2 Å². The number of likely N-dealkylation sites (tertiary alicyclic amines) is 1. The van der Waals surface area contributed by atoms with Crippen molar-refractivity contribution in [1.29, 1.82) is 0 Å². The summed E-state index contributed by atoms with van der Waals surface area (Å²) >= 11 is 0. The summed E-state index contributed by atoms with van der Waals surface area (Å²) < 4.78 is 19.3. The number of carbonyl (C=O) groups is 1. The maximum atomic E-state index is 12.3. The van der Waals surface area contributed by atoms with Gasteiger partial charge in [-0.3, -0.25) is 9.78 Å². The number of amides is 1. The Bertz CT molecular complexity index is 1420. The SMILES string of the molecule is CC(C)(C)OC(=O)N1CCC[C@H]1COc1cccc2[nH]ncc12.Cn1ncc2c(OCC3CCCC3)cccc21. The van der Waals surface area contributed by atoms with Gasteiger partial charge in [-0.05, 0) is 76.6 Å². The second-order valence-corrected chi connectivity index (χ2v) is 11.8. The van der Waals surface area contributed by atoms with Crippen molar-refractivity contribution >= 4 is 27.9 Å². The zero-order valence-corrected chi connectivity index (χ0v) is 24.1. The molecule has 4 aromatic rings. The Balaban J connectivity index is 0.000000168. The van der Waals surface area contributed by atoms with E-state index < -0.39 is 5.60 Å². The third-order valence-corrected chi connectivity index (χ3v) is 7.58. The first-order valence-corrected chi connectivity index (χ1v) is 14.4. The van der Waals surface area contributed by atoms with Gasteiger partial charge in [-0.15, -0.1) is 0 Å². The van der Waals surface area contributed by atoms with Crippen LogP contribution in [0.1, 0.15) is 59.3 Å². The molecule has 214 valence electrons. The van der Waals surface area contributed by atoms with Crippen LogP contribution in [0.3, 0.4) is 0 Å². The number of H-pyrrole nitrogens is 1. The maximum absolute atomic E-state index is 12.3. The van der Waals surface area contributed by atoms with Crippen molar-refractivity contribution in [1.82, 2.24) is 24.9 Å². The molecular weight excluding hydrogens is 506 g/mol. The van der Waals surface area contributed by atoms with Gasteiger partial charge in [-0.25, -0.2) is 4.79 Å². The molecule has 9 heteroatoms. The van der Waals surface area contributed by atoms with E-state index in [9.17, 15) is 4.79 Å². The van der Waals surface area contributed by atoms with E-state index in [2.05, 4.69) is 21.4 Å². The number of aromatic amines is 1. The third kappa shape index (κ3) is 6.69. The summed E-state index contributed by atoms with van der Waals surface area (Å²) in [6.45, 7) is 7.68. The molecule has 0 radical (unpaired) electrons. The van der Waals surface area contributed by atoms with Crippen LogP contribution in [-0.4, -0.2) is 62.4 Å². The van der Waals surface area contributed by atoms with Crippen molar-refractivity contribution in [3.05, 3.63) is 48.8 Å². The van der Waals surface area contributed by atoms with Gasteiger partial charge in [-0.1, -0.05) is 25.0 Å². The second kappa shape index (κ2) is 12.2. The molecule has 9 nitrogen and oxygen atoms in total. The number of aromatic nitrogens is 4. The van der Waals surface area contributed by atoms with E-state index in [0.29, 0.717) is 6.61 Å². The van der Waals surface area contributed by atoms with Gasteiger partial charge in [0, 0.05) is 13.6 Å². The molecule has 6 rings (SSSR count). The van der Waals surface area contributed by atoms with Crippen LogP contribution in [0.2, 0.25) is 0 Å². The first-order valence-electron chi connectivity index (χ1n) is 14.4. The summed E-state index contributed by atoms with van der Waals surface area (Å²) in [5.41, 5.74) is 1.60. The number of benzene rings is 2. The highest BCUT2D eigenvalue weighted by Crippen LogP contribution is 2.29. The summed E-state index contributed by atoms with van der Waals surface area (Å²) in [7, 11) is 1.96. The zero-order chi connectivity index (χ0) is 28.1. The third-order valence-electron chi connectivity index (χ3n) is 7.58. The fraction of sp³-hybridized carbons (Fsp3) is 0.516. The number of carbonyl (C=O) groups excluding carboxylic acids is 1. The summed E-state index contributed by atoms with van der Waals surface area (Å²) in [4.78, 5) is 14.1. The normalized spacial score (nSPS) is 17.7. The first kappa shape index (κ1) is 27.8. The van der Waals surface area contributed by atoms with Crippen LogP contribution in [0.25, 0.3) is 21.8 Å². The van der Waals surface area contributed by atoms with Crippen molar-refractivity contribution in [2.75, 3.05) is 19.8 Å². The Morgan fingerprint density at radius 1 is 0.950 bits per heavy atom. The maximum Gasteiger partial charge on any atom is 0.410 e. The predicted molar refractivity (Wildman–Crippen MR) is 156 cm³/mol. The Morgan fingerprint density at radius 3 is 2.45 bits per heavy atom. The Kier molecular flexibility index (Phi) is 8.47. The van der Waals surface area contributed by atoms with Gasteiger partial charge >= 0.3 is 6.09 Å². The van der Waals surface area contributed by atoms with Crippen LogP contribution in [0.4, 0.5) is 4.79 Å². The van der Waals surface area contributed by atoms with Crippen molar-refractivity contribution in [2.24, 2.45) is 13.0 Å². The van der Waals surface area contributed by atoms with E-state index in [1.807, 2.05) is 69.0 Å². The van der Waals surface area contributed by atoms with E-state index in [1.165, 1.54) is 25.7 Å². The number of nitrogens with one attached hydrogen (secondary N) is 1. The van der Waals surface area contributed by atoms with Gasteiger partial charge in [0.15, 0.2) is 0 Å². The minimum atomic E-state index is -0.479. The highest BCUT2D eigenvalue weighted by atomic mass is 16.6. The Hall–Kier alpha value is -3.75. The smallest absolute Gasteiger partial charge is 0.410 e. The molecule has 0 spiro atoms. The van der Waals surface area contributed by atoms with Crippen molar-refractivity contribution in [2.45, 2.75) is 70.9 Å². The highest BCUT2D eigenvalue weighted by molar-refractivity contribution is 5.85. The summed E-state index contributed by atoms with van der Waals surface area (Å²) in [6, 6.07) is 12.0. The number of hydrogen-bond donors (Lipinski definition) is 1. The number of ether oxygens (including phenoxy) is 3. The highest BCUT2D eigenvalue weighted by Gasteiger charge is 2.32. The fourth-order valence-corrected chi connectivity index (χ4v) is 5.48. The average molecular weight is 548 g/mol. The predicted octanol–water partition coefficient (Wildman–Crippen LogP) is 6.48. The molecule has 1 amide bonds. The second-order valence-electron chi connectivity index (χ2n) is 11.8. The van der Waals surface area contributed by atoms with Crippen molar-refractivity contribution in [3.8, 4) is 11.5 Å². The van der Waals surface area contributed by atoms with Crippen LogP contribution < -0.4 is 9.47 Å². The van der Waals surface area contributed by atoms with Crippen LogP contribution in [0.5, 0.6) is 11.5 Å². The number of nitrogens with zero attached hydrogens (tertiary/aromatic N) is 4.